The quantitative estimate of drug-likeness (QED) is 0.219. The molecule has 0 bridgehead atoms. The number of hydrogen-bond acceptors (Lipinski definition) is 8. The van der Waals surface area contributed by atoms with Gasteiger partial charge in [0.05, 0.1) is 25.5 Å². The van der Waals surface area contributed by atoms with E-state index in [1.807, 2.05) is 24.3 Å². The second-order valence-corrected chi connectivity index (χ2v) is 9.37. The highest BCUT2D eigenvalue weighted by atomic mass is 32.2. The summed E-state index contributed by atoms with van der Waals surface area (Å²) in [5.41, 5.74) is 4.20. The second kappa shape index (κ2) is 11.3. The van der Waals surface area contributed by atoms with E-state index >= 15 is 0 Å². The van der Waals surface area contributed by atoms with Crippen LogP contribution in [-0.2, 0) is 18.6 Å². The van der Waals surface area contributed by atoms with Gasteiger partial charge in [-0.25, -0.2) is 0 Å². The van der Waals surface area contributed by atoms with Gasteiger partial charge in [-0.05, 0) is 48.7 Å². The van der Waals surface area contributed by atoms with Crippen LogP contribution in [0.25, 0.3) is 17.1 Å². The van der Waals surface area contributed by atoms with Crippen molar-refractivity contribution in [1.82, 2.24) is 24.9 Å². The number of aryl methyl sites for hydroxylation is 3. The van der Waals surface area contributed by atoms with E-state index < -0.39 is 0 Å². The minimum atomic E-state index is 0.452. The van der Waals surface area contributed by atoms with Crippen LogP contribution in [-0.4, -0.2) is 39.1 Å². The highest BCUT2D eigenvalue weighted by Crippen LogP contribution is 2.32. The molecule has 5 aromatic rings. The Labute approximate surface area is 219 Å². The lowest BCUT2D eigenvalue weighted by atomic mass is 10.1. The van der Waals surface area contributed by atoms with E-state index in [1.165, 1.54) is 22.9 Å². The van der Waals surface area contributed by atoms with Crippen LogP contribution in [0.5, 0.6) is 11.5 Å². The van der Waals surface area contributed by atoms with Crippen molar-refractivity contribution in [2.45, 2.75) is 30.7 Å². The summed E-state index contributed by atoms with van der Waals surface area (Å²) in [4.78, 5) is 4.58. The number of methoxy groups -OCH3 is 2. The number of rotatable bonds is 10. The predicted molar refractivity (Wildman–Crippen MR) is 142 cm³/mol. The van der Waals surface area contributed by atoms with Crippen LogP contribution in [0, 0.1) is 6.92 Å². The maximum Gasteiger partial charge on any atom is 0.237 e. The van der Waals surface area contributed by atoms with Gasteiger partial charge in [-0.1, -0.05) is 59.4 Å². The van der Waals surface area contributed by atoms with Gasteiger partial charge in [0.2, 0.25) is 11.7 Å². The number of nitrogens with zero attached hydrogens (tertiary/aromatic N) is 5. The maximum atomic E-state index is 5.55. The van der Waals surface area contributed by atoms with Crippen molar-refractivity contribution in [2.24, 2.45) is 0 Å². The molecule has 0 aliphatic carbocycles. The summed E-state index contributed by atoms with van der Waals surface area (Å²) in [5, 5.41) is 14.0. The standard InChI is InChI=1S/C28H27N5O3S/c1-19-8-7-11-21(16-19)33-25(15-12-20-9-5-4-6-10-20)30-31-28(33)37-18-26-29-27(32-36-26)23-14-13-22(34-2)17-24(23)35-3/h4-11,13-14,16-17H,12,15,18H2,1-3H3. The Morgan fingerprint density at radius 3 is 2.54 bits per heavy atom. The Bertz CT molecular complexity index is 1480. The number of hydrogen-bond donors (Lipinski definition) is 0. The average molecular weight is 514 g/mol. The van der Waals surface area contributed by atoms with Crippen LogP contribution < -0.4 is 9.47 Å². The molecule has 0 N–H and O–H groups in total. The third-order valence-electron chi connectivity index (χ3n) is 5.88. The van der Waals surface area contributed by atoms with E-state index in [4.69, 9.17) is 14.0 Å². The third kappa shape index (κ3) is 5.67. The van der Waals surface area contributed by atoms with Crippen molar-refractivity contribution in [1.29, 1.82) is 0 Å². The summed E-state index contributed by atoms with van der Waals surface area (Å²) < 4.78 is 18.4. The van der Waals surface area contributed by atoms with Gasteiger partial charge in [0.1, 0.15) is 17.3 Å². The van der Waals surface area contributed by atoms with E-state index in [1.54, 1.807) is 20.3 Å². The van der Waals surface area contributed by atoms with Crippen molar-refractivity contribution < 1.29 is 14.0 Å². The molecule has 9 heteroatoms. The van der Waals surface area contributed by atoms with Gasteiger partial charge in [0.25, 0.3) is 0 Å². The summed E-state index contributed by atoms with van der Waals surface area (Å²) in [7, 11) is 3.21. The Balaban J connectivity index is 1.37. The zero-order valence-electron chi connectivity index (χ0n) is 20.9. The summed E-state index contributed by atoms with van der Waals surface area (Å²) >= 11 is 1.51. The maximum absolute atomic E-state index is 5.55. The molecule has 0 saturated carbocycles. The lowest BCUT2D eigenvalue weighted by Gasteiger charge is -2.11. The molecule has 0 saturated heterocycles. The van der Waals surface area contributed by atoms with E-state index in [-0.39, 0.29) is 0 Å². The first kappa shape index (κ1) is 24.6. The number of benzene rings is 3. The molecular formula is C28H27N5O3S. The molecule has 0 aliphatic heterocycles. The Morgan fingerprint density at radius 2 is 1.76 bits per heavy atom. The number of ether oxygens (including phenoxy) is 2. The van der Waals surface area contributed by atoms with Gasteiger partial charge >= 0.3 is 0 Å². The zero-order valence-corrected chi connectivity index (χ0v) is 21.7. The highest BCUT2D eigenvalue weighted by Gasteiger charge is 2.18. The van der Waals surface area contributed by atoms with Crippen molar-refractivity contribution in [2.75, 3.05) is 14.2 Å². The molecule has 188 valence electrons. The minimum absolute atomic E-state index is 0.452. The second-order valence-electron chi connectivity index (χ2n) is 8.43. The van der Waals surface area contributed by atoms with Gasteiger partial charge < -0.3 is 14.0 Å². The van der Waals surface area contributed by atoms with E-state index in [0.29, 0.717) is 29.0 Å². The van der Waals surface area contributed by atoms with Crippen molar-refractivity contribution >= 4 is 11.8 Å². The molecule has 8 nitrogen and oxygen atoms in total. The van der Waals surface area contributed by atoms with Gasteiger partial charge in [-0.2, -0.15) is 4.98 Å². The largest absolute Gasteiger partial charge is 0.497 e. The fourth-order valence-electron chi connectivity index (χ4n) is 4.02. The number of aromatic nitrogens is 5. The highest BCUT2D eigenvalue weighted by molar-refractivity contribution is 7.98. The molecule has 0 unspecified atom stereocenters. The monoisotopic (exact) mass is 513 g/mol. The molecule has 0 aliphatic rings. The SMILES string of the molecule is COc1ccc(-c2noc(CSc3nnc(CCc4ccccc4)n3-c3cccc(C)c3)n2)c(OC)c1. The zero-order chi connectivity index (χ0) is 25.6. The molecule has 0 radical (unpaired) electrons. The van der Waals surface area contributed by atoms with Crippen molar-refractivity contribution in [3.05, 3.63) is 95.6 Å². The Hall–Kier alpha value is -4.11. The third-order valence-corrected chi connectivity index (χ3v) is 6.80. The molecule has 2 aromatic heterocycles. The van der Waals surface area contributed by atoms with E-state index in [2.05, 4.69) is 74.3 Å². The molecule has 0 amide bonds. The number of thioether (sulfide) groups is 1. The summed E-state index contributed by atoms with van der Waals surface area (Å²) in [6, 6.07) is 24.2. The molecule has 3 aromatic carbocycles. The summed E-state index contributed by atoms with van der Waals surface area (Å²) in [6.45, 7) is 2.08. The molecule has 0 fully saturated rings. The van der Waals surface area contributed by atoms with Crippen molar-refractivity contribution in [3.8, 4) is 28.6 Å². The van der Waals surface area contributed by atoms with Crippen LogP contribution in [0.3, 0.4) is 0 Å². The van der Waals surface area contributed by atoms with Crippen LogP contribution in [0.4, 0.5) is 0 Å². The lowest BCUT2D eigenvalue weighted by molar-refractivity contribution is 0.388. The fraction of sp³-hybridized carbons (Fsp3) is 0.214. The first-order valence-electron chi connectivity index (χ1n) is 11.9. The molecule has 0 spiro atoms. The molecular weight excluding hydrogens is 486 g/mol. The van der Waals surface area contributed by atoms with Gasteiger partial charge in [0.15, 0.2) is 5.16 Å². The topological polar surface area (TPSA) is 88.1 Å². The van der Waals surface area contributed by atoms with Crippen LogP contribution >= 0.6 is 11.8 Å². The van der Waals surface area contributed by atoms with Gasteiger partial charge in [0, 0.05) is 18.2 Å². The molecule has 5 rings (SSSR count). The molecule has 0 atom stereocenters. The predicted octanol–water partition coefficient (Wildman–Crippen LogP) is 5.72. The van der Waals surface area contributed by atoms with Gasteiger partial charge in [-0.3, -0.25) is 4.57 Å². The Morgan fingerprint density at radius 1 is 0.892 bits per heavy atom. The van der Waals surface area contributed by atoms with Crippen LogP contribution in [0.1, 0.15) is 22.8 Å². The van der Waals surface area contributed by atoms with Crippen molar-refractivity contribution in [3.63, 3.8) is 0 Å². The van der Waals surface area contributed by atoms with E-state index in [0.717, 1.165) is 35.1 Å². The Kier molecular flexibility index (Phi) is 7.51. The van der Waals surface area contributed by atoms with Crippen LogP contribution in [0.15, 0.2) is 82.5 Å². The smallest absolute Gasteiger partial charge is 0.237 e. The molecule has 37 heavy (non-hydrogen) atoms. The van der Waals surface area contributed by atoms with Crippen LogP contribution in [0.2, 0.25) is 0 Å². The first-order valence-corrected chi connectivity index (χ1v) is 12.9. The summed E-state index contributed by atoms with van der Waals surface area (Å²) in [5.74, 6) is 3.61. The normalized spacial score (nSPS) is 11.0. The average Bonchev–Trinajstić information content (AvgIpc) is 3.58. The summed E-state index contributed by atoms with van der Waals surface area (Å²) in [6.07, 6.45) is 1.65. The van der Waals surface area contributed by atoms with E-state index in [9.17, 15) is 0 Å². The lowest BCUT2D eigenvalue weighted by Crippen LogP contribution is -2.05. The fourth-order valence-corrected chi connectivity index (χ4v) is 4.82. The first-order chi connectivity index (χ1) is 18.1. The van der Waals surface area contributed by atoms with Gasteiger partial charge in [-0.15, -0.1) is 10.2 Å². The molecule has 2 heterocycles. The minimum Gasteiger partial charge on any atom is -0.497 e.